The molecule has 2 aromatic carbocycles. The van der Waals surface area contributed by atoms with E-state index in [4.69, 9.17) is 0 Å². The maximum Gasteiger partial charge on any atom is 0.0998 e. The molecule has 0 saturated heterocycles. The minimum absolute atomic E-state index is 0.130. The van der Waals surface area contributed by atoms with Crippen LogP contribution in [0.1, 0.15) is 32.3 Å². The fraction of sp³-hybridized carbons (Fsp3) is 0.389. The summed E-state index contributed by atoms with van der Waals surface area (Å²) in [5, 5.41) is 20.7. The van der Waals surface area contributed by atoms with Crippen LogP contribution in [-0.2, 0) is 0 Å². The van der Waals surface area contributed by atoms with Crippen molar-refractivity contribution >= 4 is 16.5 Å². The molecule has 0 aliphatic rings. The van der Waals surface area contributed by atoms with Gasteiger partial charge in [-0.25, -0.2) is 0 Å². The smallest absolute Gasteiger partial charge is 0.0998 e. The highest BCUT2D eigenvalue weighted by Gasteiger charge is 2.18. The van der Waals surface area contributed by atoms with E-state index in [0.29, 0.717) is 18.2 Å². The fourth-order valence-electron chi connectivity index (χ4n) is 2.97. The Bertz CT molecular complexity index is 641. The lowest BCUT2D eigenvalue weighted by Crippen LogP contribution is -2.36. The summed E-state index contributed by atoms with van der Waals surface area (Å²) >= 11 is 0. The minimum Gasteiger partial charge on any atom is -0.395 e. The third kappa shape index (κ3) is 3.01. The first-order valence-electron chi connectivity index (χ1n) is 7.56. The molecule has 0 fully saturated rings. The van der Waals surface area contributed by atoms with E-state index in [9.17, 15) is 10.4 Å². The summed E-state index contributed by atoms with van der Waals surface area (Å²) in [4.78, 5) is 2.27. The number of benzene rings is 2. The summed E-state index contributed by atoms with van der Waals surface area (Å²) in [5.41, 5.74) is 1.80. The van der Waals surface area contributed by atoms with E-state index >= 15 is 0 Å². The lowest BCUT2D eigenvalue weighted by atomic mass is 10.0. The molecule has 0 unspecified atom stereocenters. The highest BCUT2D eigenvalue weighted by atomic mass is 16.3. The number of hydrogen-bond acceptors (Lipinski definition) is 3. The van der Waals surface area contributed by atoms with Gasteiger partial charge in [-0.1, -0.05) is 38.1 Å². The third-order valence-electron chi connectivity index (χ3n) is 4.06. The van der Waals surface area contributed by atoms with Crippen LogP contribution in [-0.4, -0.2) is 24.3 Å². The van der Waals surface area contributed by atoms with Crippen LogP contribution in [0.2, 0.25) is 0 Å². The second kappa shape index (κ2) is 7.10. The van der Waals surface area contributed by atoms with Crippen molar-refractivity contribution in [1.82, 2.24) is 0 Å². The zero-order valence-corrected chi connectivity index (χ0v) is 12.7. The molecule has 0 spiro atoms. The highest BCUT2D eigenvalue weighted by molar-refractivity contribution is 5.97. The molecule has 0 atom stereocenters. The highest BCUT2D eigenvalue weighted by Crippen LogP contribution is 2.31. The SMILES string of the molecule is CCC(CC)N(CCO)c1ccc(C#N)c2ccccc12. The van der Waals surface area contributed by atoms with Gasteiger partial charge in [0.2, 0.25) is 0 Å². The average Bonchev–Trinajstić information content (AvgIpc) is 2.54. The van der Waals surface area contributed by atoms with Crippen molar-refractivity contribution < 1.29 is 5.11 Å². The number of anilines is 1. The van der Waals surface area contributed by atoms with Crippen molar-refractivity contribution in [2.75, 3.05) is 18.1 Å². The number of fused-ring (bicyclic) bond motifs is 1. The molecule has 1 N–H and O–H groups in total. The molecule has 0 aromatic heterocycles. The van der Waals surface area contributed by atoms with Crippen molar-refractivity contribution in [1.29, 1.82) is 5.26 Å². The number of aliphatic hydroxyl groups excluding tert-OH is 1. The summed E-state index contributed by atoms with van der Waals surface area (Å²) in [6.45, 7) is 5.09. The summed E-state index contributed by atoms with van der Waals surface area (Å²) in [7, 11) is 0. The molecule has 21 heavy (non-hydrogen) atoms. The Morgan fingerprint density at radius 1 is 1.10 bits per heavy atom. The van der Waals surface area contributed by atoms with Crippen LogP contribution in [0.4, 0.5) is 5.69 Å². The van der Waals surface area contributed by atoms with Gasteiger partial charge in [-0.3, -0.25) is 0 Å². The number of aliphatic hydroxyl groups is 1. The van der Waals surface area contributed by atoms with Gasteiger partial charge in [-0.2, -0.15) is 5.26 Å². The van der Waals surface area contributed by atoms with Crippen LogP contribution in [0, 0.1) is 11.3 Å². The lowest BCUT2D eigenvalue weighted by Gasteiger charge is -2.33. The molecule has 110 valence electrons. The Balaban J connectivity index is 2.61. The molecular formula is C18H22N2O. The van der Waals surface area contributed by atoms with Crippen molar-refractivity contribution in [3.05, 3.63) is 42.0 Å². The maximum absolute atomic E-state index is 9.42. The van der Waals surface area contributed by atoms with E-state index in [-0.39, 0.29) is 6.61 Å². The van der Waals surface area contributed by atoms with Crippen LogP contribution in [0.15, 0.2) is 36.4 Å². The van der Waals surface area contributed by atoms with E-state index in [1.54, 1.807) is 0 Å². The van der Waals surface area contributed by atoms with Crippen molar-refractivity contribution in [3.8, 4) is 6.07 Å². The number of hydrogen-bond donors (Lipinski definition) is 1. The van der Waals surface area contributed by atoms with Crippen molar-refractivity contribution in [3.63, 3.8) is 0 Å². The minimum atomic E-state index is 0.130. The van der Waals surface area contributed by atoms with E-state index < -0.39 is 0 Å². The van der Waals surface area contributed by atoms with Gasteiger partial charge in [0, 0.05) is 29.0 Å². The normalized spacial score (nSPS) is 10.8. The molecular weight excluding hydrogens is 260 g/mol. The standard InChI is InChI=1S/C18H22N2O/c1-3-15(4-2)20(11-12-21)18-10-9-14(13-19)16-7-5-6-8-17(16)18/h5-10,15,21H,3-4,11-12H2,1-2H3. The van der Waals surface area contributed by atoms with Crippen molar-refractivity contribution in [2.45, 2.75) is 32.7 Å². The largest absolute Gasteiger partial charge is 0.395 e. The summed E-state index contributed by atoms with van der Waals surface area (Å²) in [6, 6.07) is 14.5. The Morgan fingerprint density at radius 3 is 2.33 bits per heavy atom. The molecule has 0 aliphatic heterocycles. The van der Waals surface area contributed by atoms with Gasteiger partial charge in [-0.15, -0.1) is 0 Å². The monoisotopic (exact) mass is 282 g/mol. The van der Waals surface area contributed by atoms with Crippen LogP contribution in [0.3, 0.4) is 0 Å². The first-order chi connectivity index (χ1) is 10.3. The van der Waals surface area contributed by atoms with Gasteiger partial charge in [0.1, 0.15) is 0 Å². The van der Waals surface area contributed by atoms with Gasteiger partial charge in [0.25, 0.3) is 0 Å². The second-order valence-corrected chi connectivity index (χ2v) is 5.18. The van der Waals surface area contributed by atoms with E-state index in [1.807, 2.05) is 30.3 Å². The van der Waals surface area contributed by atoms with Crippen molar-refractivity contribution in [2.24, 2.45) is 0 Å². The molecule has 0 heterocycles. The van der Waals surface area contributed by atoms with E-state index in [0.717, 1.165) is 29.3 Å². The zero-order chi connectivity index (χ0) is 15.2. The summed E-state index contributed by atoms with van der Waals surface area (Å²) in [5.74, 6) is 0. The topological polar surface area (TPSA) is 47.3 Å². The molecule has 2 aromatic rings. The average molecular weight is 282 g/mol. The third-order valence-corrected chi connectivity index (χ3v) is 4.06. The first-order valence-corrected chi connectivity index (χ1v) is 7.56. The first kappa shape index (κ1) is 15.3. The van der Waals surface area contributed by atoms with Gasteiger partial charge < -0.3 is 10.0 Å². The molecule has 3 heteroatoms. The quantitative estimate of drug-likeness (QED) is 0.878. The predicted octanol–water partition coefficient (Wildman–Crippen LogP) is 3.70. The van der Waals surface area contributed by atoms with Gasteiger partial charge in [0.15, 0.2) is 0 Å². The van der Waals surface area contributed by atoms with E-state index in [2.05, 4.69) is 30.9 Å². The molecule has 0 radical (unpaired) electrons. The molecule has 0 bridgehead atoms. The molecule has 0 amide bonds. The zero-order valence-electron chi connectivity index (χ0n) is 12.7. The Labute approximate surface area is 126 Å². The van der Waals surface area contributed by atoms with Crippen LogP contribution >= 0.6 is 0 Å². The lowest BCUT2D eigenvalue weighted by molar-refractivity contribution is 0.296. The summed E-state index contributed by atoms with van der Waals surface area (Å²) < 4.78 is 0. The summed E-state index contributed by atoms with van der Waals surface area (Å²) in [6.07, 6.45) is 2.07. The molecule has 0 aliphatic carbocycles. The number of nitriles is 1. The van der Waals surface area contributed by atoms with Gasteiger partial charge in [-0.05, 0) is 25.0 Å². The Kier molecular flexibility index (Phi) is 5.19. The number of rotatable bonds is 6. The van der Waals surface area contributed by atoms with Gasteiger partial charge >= 0.3 is 0 Å². The Hall–Kier alpha value is -2.05. The van der Waals surface area contributed by atoms with Crippen LogP contribution in [0.25, 0.3) is 10.8 Å². The van der Waals surface area contributed by atoms with Crippen LogP contribution in [0.5, 0.6) is 0 Å². The Morgan fingerprint density at radius 2 is 1.76 bits per heavy atom. The predicted molar refractivity (Wildman–Crippen MR) is 87.5 cm³/mol. The molecule has 0 saturated carbocycles. The van der Waals surface area contributed by atoms with Gasteiger partial charge in [0.05, 0.1) is 18.2 Å². The molecule has 3 nitrogen and oxygen atoms in total. The fourth-order valence-corrected chi connectivity index (χ4v) is 2.97. The molecule has 2 rings (SSSR count). The maximum atomic E-state index is 9.42. The van der Waals surface area contributed by atoms with Crippen LogP contribution < -0.4 is 4.90 Å². The van der Waals surface area contributed by atoms with E-state index in [1.165, 1.54) is 0 Å². The second-order valence-electron chi connectivity index (χ2n) is 5.18. The number of nitrogens with zero attached hydrogens (tertiary/aromatic N) is 2.